The Morgan fingerprint density at radius 3 is 2.77 bits per heavy atom. The molecule has 3 rings (SSSR count). The zero-order chi connectivity index (χ0) is 15.4. The molecule has 2 heterocycles. The van der Waals surface area contributed by atoms with Gasteiger partial charge < -0.3 is 10.6 Å². The zero-order valence-electron chi connectivity index (χ0n) is 12.0. The molecule has 2 aromatic rings. The van der Waals surface area contributed by atoms with Gasteiger partial charge in [-0.2, -0.15) is 0 Å². The maximum atomic E-state index is 12.1. The molecule has 0 atom stereocenters. The van der Waals surface area contributed by atoms with Gasteiger partial charge >= 0.3 is 0 Å². The Balaban J connectivity index is 1.63. The molecule has 0 saturated heterocycles. The molecular formula is C16H16N4O2. The molecule has 0 unspecified atom stereocenters. The molecule has 6 heteroatoms. The molecule has 0 aliphatic heterocycles. The maximum Gasteiger partial charge on any atom is 0.270 e. The van der Waals surface area contributed by atoms with Crippen molar-refractivity contribution >= 4 is 11.8 Å². The molecule has 0 bridgehead atoms. The van der Waals surface area contributed by atoms with Crippen LogP contribution in [0.3, 0.4) is 0 Å². The van der Waals surface area contributed by atoms with E-state index in [0.29, 0.717) is 12.1 Å². The van der Waals surface area contributed by atoms with Crippen LogP contribution in [0.25, 0.3) is 0 Å². The summed E-state index contributed by atoms with van der Waals surface area (Å²) >= 11 is 0. The standard InChI is InChI=1S/C16H16N4O2/c21-15(19-10-11-2-1-6-17-9-11)12-5-7-18-14(8-12)16(22)20-13-3-4-13/h1-2,5-9,13H,3-4,10H2,(H,19,21)(H,20,22). The molecule has 0 radical (unpaired) electrons. The molecule has 1 aliphatic rings. The molecule has 22 heavy (non-hydrogen) atoms. The van der Waals surface area contributed by atoms with Crippen molar-refractivity contribution in [3.8, 4) is 0 Å². The van der Waals surface area contributed by atoms with Gasteiger partial charge in [0.15, 0.2) is 0 Å². The van der Waals surface area contributed by atoms with Crippen LogP contribution >= 0.6 is 0 Å². The average Bonchev–Trinajstić information content (AvgIpc) is 3.37. The van der Waals surface area contributed by atoms with Crippen molar-refractivity contribution in [1.82, 2.24) is 20.6 Å². The van der Waals surface area contributed by atoms with Gasteiger partial charge in [-0.25, -0.2) is 0 Å². The predicted molar refractivity (Wildman–Crippen MR) is 80.1 cm³/mol. The molecule has 2 amide bonds. The second-order valence-electron chi connectivity index (χ2n) is 5.22. The van der Waals surface area contributed by atoms with Crippen LogP contribution in [0.1, 0.15) is 39.3 Å². The van der Waals surface area contributed by atoms with Gasteiger partial charge in [0, 0.05) is 36.7 Å². The Bertz CT molecular complexity index is 684. The van der Waals surface area contributed by atoms with Gasteiger partial charge in [-0.3, -0.25) is 19.6 Å². The van der Waals surface area contributed by atoms with Gasteiger partial charge in [0.25, 0.3) is 11.8 Å². The third-order valence-corrected chi connectivity index (χ3v) is 3.34. The summed E-state index contributed by atoms with van der Waals surface area (Å²) < 4.78 is 0. The summed E-state index contributed by atoms with van der Waals surface area (Å²) in [7, 11) is 0. The van der Waals surface area contributed by atoms with Crippen LogP contribution in [0.15, 0.2) is 42.9 Å². The van der Waals surface area contributed by atoms with Gasteiger partial charge in [0.2, 0.25) is 0 Å². The van der Waals surface area contributed by atoms with Gasteiger partial charge in [-0.15, -0.1) is 0 Å². The third-order valence-electron chi connectivity index (χ3n) is 3.34. The fourth-order valence-electron chi connectivity index (χ4n) is 1.97. The molecule has 0 spiro atoms. The van der Waals surface area contributed by atoms with E-state index in [9.17, 15) is 9.59 Å². The average molecular weight is 296 g/mol. The summed E-state index contributed by atoms with van der Waals surface area (Å²) in [5.74, 6) is -0.476. The van der Waals surface area contributed by atoms with Crippen molar-refractivity contribution in [2.75, 3.05) is 0 Å². The highest BCUT2D eigenvalue weighted by molar-refractivity contribution is 5.98. The Labute approximate surface area is 128 Å². The molecule has 2 N–H and O–H groups in total. The number of pyridine rings is 2. The molecule has 1 fully saturated rings. The van der Waals surface area contributed by atoms with E-state index in [-0.39, 0.29) is 23.6 Å². The number of amides is 2. The quantitative estimate of drug-likeness (QED) is 0.871. The van der Waals surface area contributed by atoms with E-state index in [4.69, 9.17) is 0 Å². The molecule has 112 valence electrons. The molecule has 6 nitrogen and oxygen atoms in total. The van der Waals surface area contributed by atoms with Crippen molar-refractivity contribution in [3.63, 3.8) is 0 Å². The van der Waals surface area contributed by atoms with E-state index in [2.05, 4.69) is 20.6 Å². The number of hydrogen-bond donors (Lipinski definition) is 2. The minimum absolute atomic E-state index is 0.232. The number of carbonyl (C=O) groups excluding carboxylic acids is 2. The predicted octanol–water partition coefficient (Wildman–Crippen LogP) is 1.30. The number of nitrogens with one attached hydrogen (secondary N) is 2. The number of nitrogens with zero attached hydrogens (tertiary/aromatic N) is 2. The lowest BCUT2D eigenvalue weighted by molar-refractivity contribution is 0.0946. The number of carbonyl (C=O) groups is 2. The first-order valence-electron chi connectivity index (χ1n) is 7.16. The highest BCUT2D eigenvalue weighted by atomic mass is 16.2. The van der Waals surface area contributed by atoms with E-state index in [1.165, 1.54) is 12.3 Å². The van der Waals surface area contributed by atoms with E-state index in [1.54, 1.807) is 18.5 Å². The topological polar surface area (TPSA) is 84.0 Å². The number of rotatable bonds is 5. The Morgan fingerprint density at radius 2 is 2.05 bits per heavy atom. The minimum atomic E-state index is -0.244. The normalized spacial score (nSPS) is 13.5. The molecule has 1 aliphatic carbocycles. The van der Waals surface area contributed by atoms with Crippen molar-refractivity contribution in [2.24, 2.45) is 0 Å². The monoisotopic (exact) mass is 296 g/mol. The second kappa shape index (κ2) is 6.34. The summed E-state index contributed by atoms with van der Waals surface area (Å²) in [5.41, 5.74) is 1.59. The van der Waals surface area contributed by atoms with Crippen molar-refractivity contribution in [2.45, 2.75) is 25.4 Å². The third kappa shape index (κ3) is 3.66. The fraction of sp³-hybridized carbons (Fsp3) is 0.250. The summed E-state index contributed by atoms with van der Waals surface area (Å²) in [6.45, 7) is 0.388. The van der Waals surface area contributed by atoms with Crippen molar-refractivity contribution in [1.29, 1.82) is 0 Å². The second-order valence-corrected chi connectivity index (χ2v) is 5.22. The lowest BCUT2D eigenvalue weighted by Gasteiger charge is -2.07. The lowest BCUT2D eigenvalue weighted by Crippen LogP contribution is -2.27. The van der Waals surface area contributed by atoms with Crippen LogP contribution in [0.4, 0.5) is 0 Å². The van der Waals surface area contributed by atoms with E-state index in [1.807, 2.05) is 12.1 Å². The van der Waals surface area contributed by atoms with Crippen LogP contribution in [-0.4, -0.2) is 27.8 Å². The van der Waals surface area contributed by atoms with Crippen LogP contribution in [-0.2, 0) is 6.54 Å². The minimum Gasteiger partial charge on any atom is -0.348 e. The fourth-order valence-corrected chi connectivity index (χ4v) is 1.97. The van der Waals surface area contributed by atoms with Crippen LogP contribution in [0.2, 0.25) is 0 Å². The van der Waals surface area contributed by atoms with Gasteiger partial charge in [0.1, 0.15) is 5.69 Å². The van der Waals surface area contributed by atoms with Crippen LogP contribution in [0, 0.1) is 0 Å². The smallest absolute Gasteiger partial charge is 0.270 e. The van der Waals surface area contributed by atoms with Gasteiger partial charge in [0.05, 0.1) is 0 Å². The van der Waals surface area contributed by atoms with E-state index < -0.39 is 0 Å². The highest BCUT2D eigenvalue weighted by Crippen LogP contribution is 2.19. The first-order chi connectivity index (χ1) is 10.7. The molecule has 2 aromatic heterocycles. The SMILES string of the molecule is O=C(NCc1cccnc1)c1ccnc(C(=O)NC2CC2)c1. The maximum absolute atomic E-state index is 12.1. The number of hydrogen-bond acceptors (Lipinski definition) is 4. The van der Waals surface area contributed by atoms with E-state index in [0.717, 1.165) is 18.4 Å². The van der Waals surface area contributed by atoms with Crippen LogP contribution < -0.4 is 10.6 Å². The first kappa shape index (κ1) is 14.2. The van der Waals surface area contributed by atoms with E-state index >= 15 is 0 Å². The largest absolute Gasteiger partial charge is 0.348 e. The highest BCUT2D eigenvalue weighted by Gasteiger charge is 2.24. The van der Waals surface area contributed by atoms with Gasteiger partial charge in [-0.1, -0.05) is 6.07 Å². The number of aromatic nitrogens is 2. The molecule has 0 aromatic carbocycles. The van der Waals surface area contributed by atoms with Crippen LogP contribution in [0.5, 0.6) is 0 Å². The Morgan fingerprint density at radius 1 is 1.18 bits per heavy atom. The zero-order valence-corrected chi connectivity index (χ0v) is 12.0. The summed E-state index contributed by atoms with van der Waals surface area (Å²) in [5, 5.41) is 5.65. The first-order valence-corrected chi connectivity index (χ1v) is 7.16. The lowest BCUT2D eigenvalue weighted by atomic mass is 10.2. The van der Waals surface area contributed by atoms with Gasteiger partial charge in [-0.05, 0) is 36.6 Å². The summed E-state index contributed by atoms with van der Waals surface area (Å²) in [4.78, 5) is 32.1. The Kier molecular flexibility index (Phi) is 4.09. The summed E-state index contributed by atoms with van der Waals surface area (Å²) in [6, 6.07) is 7.06. The summed E-state index contributed by atoms with van der Waals surface area (Å²) in [6.07, 6.45) is 6.87. The molecular weight excluding hydrogens is 280 g/mol. The van der Waals surface area contributed by atoms with Crippen molar-refractivity contribution in [3.05, 3.63) is 59.7 Å². The Hall–Kier alpha value is -2.76. The molecule has 1 saturated carbocycles. The van der Waals surface area contributed by atoms with Crippen molar-refractivity contribution < 1.29 is 9.59 Å².